The second-order valence-electron chi connectivity index (χ2n) is 6.50. The van der Waals surface area contributed by atoms with Gasteiger partial charge in [0.25, 0.3) is 0 Å². The smallest absolute Gasteiger partial charge is 0.146 e. The van der Waals surface area contributed by atoms with Crippen LogP contribution in [0.15, 0.2) is 11.6 Å². The fourth-order valence-electron chi connectivity index (χ4n) is 3.84. The Labute approximate surface area is 109 Å². The molecule has 2 rings (SSSR count). The molecule has 0 bridgehead atoms. The lowest BCUT2D eigenvalue weighted by Gasteiger charge is -2.53. The summed E-state index contributed by atoms with van der Waals surface area (Å²) in [4.78, 5) is 11.2. The molecule has 0 amide bonds. The zero-order chi connectivity index (χ0) is 13.5. The van der Waals surface area contributed by atoms with E-state index in [1.807, 2.05) is 13.0 Å². The van der Waals surface area contributed by atoms with Gasteiger partial charge in [0.15, 0.2) is 0 Å². The molecule has 1 saturated carbocycles. The molecular formula is C15H24O3. The Morgan fingerprint density at radius 3 is 2.67 bits per heavy atom. The molecule has 0 saturated heterocycles. The third-order valence-corrected chi connectivity index (χ3v) is 5.20. The van der Waals surface area contributed by atoms with E-state index in [1.54, 1.807) is 0 Å². The molecule has 0 aliphatic heterocycles. The highest BCUT2D eigenvalue weighted by Crippen LogP contribution is 2.52. The second kappa shape index (κ2) is 4.78. The molecule has 0 aromatic heterocycles. The van der Waals surface area contributed by atoms with E-state index in [-0.39, 0.29) is 17.3 Å². The number of rotatable bonds is 2. The van der Waals surface area contributed by atoms with Gasteiger partial charge in [-0.2, -0.15) is 0 Å². The predicted octanol–water partition coefficient (Wildman–Crippen LogP) is 1.93. The molecule has 0 radical (unpaired) electrons. The van der Waals surface area contributed by atoms with Gasteiger partial charge in [-0.25, -0.2) is 0 Å². The summed E-state index contributed by atoms with van der Waals surface area (Å²) in [5, 5.41) is 20.8. The lowest BCUT2D eigenvalue weighted by atomic mass is 9.54. The van der Waals surface area contributed by atoms with Gasteiger partial charge in [0.05, 0.1) is 12.2 Å². The molecule has 0 unspecified atom stereocenters. The first-order valence-corrected chi connectivity index (χ1v) is 6.93. The fraction of sp³-hybridized carbons (Fsp3) is 0.800. The van der Waals surface area contributed by atoms with Crippen molar-refractivity contribution in [3.8, 4) is 0 Å². The van der Waals surface area contributed by atoms with Crippen LogP contribution in [0.5, 0.6) is 0 Å². The topological polar surface area (TPSA) is 57.5 Å². The Bertz CT molecular complexity index is 361. The third-order valence-electron chi connectivity index (χ3n) is 5.20. The lowest BCUT2D eigenvalue weighted by Crippen LogP contribution is -2.56. The van der Waals surface area contributed by atoms with Gasteiger partial charge in [0, 0.05) is 5.41 Å². The number of carbonyl (C=O) groups excluding carboxylic acids is 1. The van der Waals surface area contributed by atoms with Crippen LogP contribution >= 0.6 is 0 Å². The monoisotopic (exact) mass is 252 g/mol. The predicted molar refractivity (Wildman–Crippen MR) is 69.9 cm³/mol. The van der Waals surface area contributed by atoms with Crippen LogP contribution in [0.4, 0.5) is 0 Å². The number of fused-ring (bicyclic) bond motifs is 1. The van der Waals surface area contributed by atoms with Crippen molar-refractivity contribution in [3.05, 3.63) is 11.6 Å². The van der Waals surface area contributed by atoms with Crippen molar-refractivity contribution in [1.29, 1.82) is 0 Å². The standard InChI is InChI=1S/C15H24O3/c1-9(2)11-7-12-10(8-16)5-4-6-15(12,3)14(18)13(11)17/h5,8-9,11-14,17-18H,4,6-7H2,1-3H3/t11-,12-,13+,14+,15-/m0/s1. The number of hydrogen-bond acceptors (Lipinski definition) is 3. The first-order chi connectivity index (χ1) is 8.41. The molecule has 2 aliphatic rings. The average molecular weight is 252 g/mol. The SMILES string of the molecule is CC(C)[C@@H]1C[C@H]2C(C=O)=CCC[C@]2(C)[C@H](O)[C@@H]1O. The quantitative estimate of drug-likeness (QED) is 0.738. The van der Waals surface area contributed by atoms with Gasteiger partial charge in [-0.3, -0.25) is 4.79 Å². The Morgan fingerprint density at radius 2 is 2.11 bits per heavy atom. The van der Waals surface area contributed by atoms with Crippen LogP contribution in [0.25, 0.3) is 0 Å². The number of hydrogen-bond donors (Lipinski definition) is 2. The molecule has 18 heavy (non-hydrogen) atoms. The summed E-state index contributed by atoms with van der Waals surface area (Å²) < 4.78 is 0. The summed E-state index contributed by atoms with van der Waals surface area (Å²) >= 11 is 0. The van der Waals surface area contributed by atoms with E-state index in [1.165, 1.54) is 0 Å². The molecule has 1 fully saturated rings. The lowest BCUT2D eigenvalue weighted by molar-refractivity contribution is -0.150. The normalized spacial score (nSPS) is 44.4. The zero-order valence-corrected chi connectivity index (χ0v) is 11.5. The van der Waals surface area contributed by atoms with Crippen LogP contribution in [0, 0.1) is 23.2 Å². The number of carbonyl (C=O) groups is 1. The Balaban J connectivity index is 2.36. The van der Waals surface area contributed by atoms with Crippen LogP contribution in [-0.2, 0) is 4.79 Å². The van der Waals surface area contributed by atoms with Crippen molar-refractivity contribution >= 4 is 6.29 Å². The zero-order valence-electron chi connectivity index (χ0n) is 11.5. The van der Waals surface area contributed by atoms with E-state index < -0.39 is 12.2 Å². The van der Waals surface area contributed by atoms with Gasteiger partial charge in [-0.15, -0.1) is 0 Å². The number of aliphatic hydroxyl groups is 2. The first-order valence-electron chi connectivity index (χ1n) is 6.93. The van der Waals surface area contributed by atoms with E-state index in [0.29, 0.717) is 5.92 Å². The maximum Gasteiger partial charge on any atom is 0.146 e. The summed E-state index contributed by atoms with van der Waals surface area (Å²) in [6, 6.07) is 0. The van der Waals surface area contributed by atoms with Gasteiger partial charge in [-0.05, 0) is 42.6 Å². The molecule has 3 heteroatoms. The van der Waals surface area contributed by atoms with Gasteiger partial charge >= 0.3 is 0 Å². The largest absolute Gasteiger partial charge is 0.390 e. The highest BCUT2D eigenvalue weighted by Gasteiger charge is 2.53. The Hall–Kier alpha value is -0.670. The summed E-state index contributed by atoms with van der Waals surface area (Å²) in [5.41, 5.74) is 0.468. The number of allylic oxidation sites excluding steroid dienone is 2. The molecule has 2 N–H and O–H groups in total. The van der Waals surface area contributed by atoms with Crippen molar-refractivity contribution in [2.45, 2.75) is 52.2 Å². The summed E-state index contributed by atoms with van der Waals surface area (Å²) in [7, 11) is 0. The molecular weight excluding hydrogens is 228 g/mol. The van der Waals surface area contributed by atoms with Crippen molar-refractivity contribution in [2.75, 3.05) is 0 Å². The fourth-order valence-corrected chi connectivity index (χ4v) is 3.84. The van der Waals surface area contributed by atoms with E-state index >= 15 is 0 Å². The molecule has 2 aliphatic carbocycles. The van der Waals surface area contributed by atoms with Gasteiger partial charge in [0.1, 0.15) is 6.29 Å². The first kappa shape index (κ1) is 13.8. The molecule has 0 aromatic carbocycles. The Morgan fingerprint density at radius 1 is 1.44 bits per heavy atom. The summed E-state index contributed by atoms with van der Waals surface area (Å²) in [6.07, 6.45) is 4.00. The summed E-state index contributed by atoms with van der Waals surface area (Å²) in [5.74, 6) is 0.475. The van der Waals surface area contributed by atoms with Gasteiger partial charge < -0.3 is 10.2 Å². The van der Waals surface area contributed by atoms with Crippen molar-refractivity contribution in [3.63, 3.8) is 0 Å². The van der Waals surface area contributed by atoms with Crippen LogP contribution in [0.3, 0.4) is 0 Å². The maximum absolute atomic E-state index is 11.2. The molecule has 0 aromatic rings. The maximum atomic E-state index is 11.2. The molecule has 102 valence electrons. The van der Waals surface area contributed by atoms with Gasteiger partial charge in [-0.1, -0.05) is 26.8 Å². The van der Waals surface area contributed by atoms with Crippen LogP contribution < -0.4 is 0 Å². The van der Waals surface area contributed by atoms with E-state index in [4.69, 9.17) is 0 Å². The number of aldehydes is 1. The third kappa shape index (κ3) is 1.94. The minimum absolute atomic E-state index is 0.0690. The van der Waals surface area contributed by atoms with Crippen LogP contribution in [-0.4, -0.2) is 28.7 Å². The van der Waals surface area contributed by atoms with E-state index in [2.05, 4.69) is 13.8 Å². The molecule has 5 atom stereocenters. The van der Waals surface area contributed by atoms with Crippen LogP contribution in [0.1, 0.15) is 40.0 Å². The summed E-state index contributed by atoms with van der Waals surface area (Å²) in [6.45, 7) is 6.14. The molecule has 0 heterocycles. The van der Waals surface area contributed by atoms with Gasteiger partial charge in [0.2, 0.25) is 0 Å². The van der Waals surface area contributed by atoms with E-state index in [0.717, 1.165) is 31.1 Å². The van der Waals surface area contributed by atoms with Crippen molar-refractivity contribution < 1.29 is 15.0 Å². The average Bonchev–Trinajstić information content (AvgIpc) is 2.33. The second-order valence-corrected chi connectivity index (χ2v) is 6.50. The minimum atomic E-state index is -0.729. The van der Waals surface area contributed by atoms with Crippen molar-refractivity contribution in [1.82, 2.24) is 0 Å². The van der Waals surface area contributed by atoms with Crippen LogP contribution in [0.2, 0.25) is 0 Å². The molecule has 0 spiro atoms. The van der Waals surface area contributed by atoms with E-state index in [9.17, 15) is 15.0 Å². The van der Waals surface area contributed by atoms with Crippen molar-refractivity contribution in [2.24, 2.45) is 23.2 Å². The molecule has 3 nitrogen and oxygen atoms in total. The number of aliphatic hydroxyl groups excluding tert-OH is 2. The highest BCUT2D eigenvalue weighted by atomic mass is 16.3. The minimum Gasteiger partial charge on any atom is -0.390 e. The Kier molecular flexibility index (Phi) is 3.65. The highest BCUT2D eigenvalue weighted by molar-refractivity contribution is 5.74.